The molecular formula is C13H11BrN2OS. The van der Waals surface area contributed by atoms with Gasteiger partial charge in [-0.25, -0.2) is 4.98 Å². The summed E-state index contributed by atoms with van der Waals surface area (Å²) < 4.78 is 1.03. The van der Waals surface area contributed by atoms with E-state index in [1.165, 1.54) is 11.8 Å². The first-order chi connectivity index (χ1) is 8.74. The van der Waals surface area contributed by atoms with Crippen LogP contribution in [0.25, 0.3) is 0 Å². The Hall–Kier alpha value is -1.33. The smallest absolute Gasteiger partial charge is 0.235 e. The van der Waals surface area contributed by atoms with Gasteiger partial charge < -0.3 is 5.32 Å². The largest absolute Gasteiger partial charge is 0.310 e. The maximum atomic E-state index is 11.7. The van der Waals surface area contributed by atoms with Crippen LogP contribution in [0.1, 0.15) is 0 Å². The maximum Gasteiger partial charge on any atom is 0.235 e. The van der Waals surface area contributed by atoms with Gasteiger partial charge in [0, 0.05) is 15.6 Å². The number of benzene rings is 1. The molecule has 1 aromatic heterocycles. The molecule has 3 nitrogen and oxygen atoms in total. The number of carbonyl (C=O) groups is 1. The second-order valence-corrected chi connectivity index (χ2v) is 5.47. The third-order valence-electron chi connectivity index (χ3n) is 2.12. The first-order valence-electron chi connectivity index (χ1n) is 5.33. The minimum Gasteiger partial charge on any atom is -0.310 e. The fourth-order valence-electron chi connectivity index (χ4n) is 1.30. The van der Waals surface area contributed by atoms with Crippen molar-refractivity contribution in [2.45, 2.75) is 4.90 Å². The van der Waals surface area contributed by atoms with Crippen molar-refractivity contribution in [1.29, 1.82) is 0 Å². The Bertz CT molecular complexity index is 516. The van der Waals surface area contributed by atoms with Crippen LogP contribution < -0.4 is 5.32 Å². The quantitative estimate of drug-likeness (QED) is 0.875. The lowest BCUT2D eigenvalue weighted by Gasteiger charge is -2.04. The normalized spacial score (nSPS) is 10.1. The first-order valence-corrected chi connectivity index (χ1v) is 7.11. The number of hydrogen-bond donors (Lipinski definition) is 1. The van der Waals surface area contributed by atoms with Gasteiger partial charge in [-0.1, -0.05) is 22.0 Å². The monoisotopic (exact) mass is 322 g/mol. The zero-order valence-corrected chi connectivity index (χ0v) is 11.9. The highest BCUT2D eigenvalue weighted by Gasteiger charge is 2.03. The molecule has 18 heavy (non-hydrogen) atoms. The number of anilines is 1. The lowest BCUT2D eigenvalue weighted by molar-refractivity contribution is -0.113. The number of nitrogens with one attached hydrogen (secondary N) is 1. The van der Waals surface area contributed by atoms with Crippen molar-refractivity contribution in [3.05, 3.63) is 53.1 Å². The van der Waals surface area contributed by atoms with E-state index < -0.39 is 0 Å². The van der Waals surface area contributed by atoms with Crippen LogP contribution in [0.4, 0.5) is 5.82 Å². The molecule has 2 rings (SSSR count). The van der Waals surface area contributed by atoms with Crippen molar-refractivity contribution in [2.75, 3.05) is 11.1 Å². The van der Waals surface area contributed by atoms with Crippen LogP contribution in [0.3, 0.4) is 0 Å². The van der Waals surface area contributed by atoms with E-state index in [2.05, 4.69) is 26.2 Å². The molecule has 92 valence electrons. The van der Waals surface area contributed by atoms with Crippen LogP contribution in [-0.4, -0.2) is 16.6 Å². The van der Waals surface area contributed by atoms with Crippen LogP contribution in [-0.2, 0) is 4.79 Å². The number of carbonyl (C=O) groups excluding carboxylic acids is 1. The molecule has 1 amide bonds. The number of rotatable bonds is 4. The van der Waals surface area contributed by atoms with Gasteiger partial charge in [0.25, 0.3) is 0 Å². The summed E-state index contributed by atoms with van der Waals surface area (Å²) in [6, 6.07) is 13.3. The highest BCUT2D eigenvalue weighted by atomic mass is 79.9. The third kappa shape index (κ3) is 4.16. The fourth-order valence-corrected chi connectivity index (χ4v) is 2.26. The predicted octanol–water partition coefficient (Wildman–Crippen LogP) is 3.57. The fraction of sp³-hybridized carbons (Fsp3) is 0.0769. The Morgan fingerprint density at radius 3 is 2.67 bits per heavy atom. The van der Waals surface area contributed by atoms with Crippen LogP contribution >= 0.6 is 27.7 Å². The molecule has 0 fully saturated rings. The molecule has 0 aliphatic rings. The number of thioether (sulfide) groups is 1. The summed E-state index contributed by atoms with van der Waals surface area (Å²) in [6.07, 6.45) is 1.65. The molecule has 0 atom stereocenters. The summed E-state index contributed by atoms with van der Waals surface area (Å²) >= 11 is 4.87. The van der Waals surface area contributed by atoms with Gasteiger partial charge in [-0.15, -0.1) is 11.8 Å². The molecule has 0 aliphatic carbocycles. The Labute approximate surface area is 118 Å². The van der Waals surface area contributed by atoms with Gasteiger partial charge in [-0.05, 0) is 36.4 Å². The lowest BCUT2D eigenvalue weighted by atomic mass is 10.4. The summed E-state index contributed by atoms with van der Waals surface area (Å²) in [5.41, 5.74) is 0. The van der Waals surface area contributed by atoms with Gasteiger partial charge in [-0.2, -0.15) is 0 Å². The van der Waals surface area contributed by atoms with Crippen molar-refractivity contribution >= 4 is 39.4 Å². The van der Waals surface area contributed by atoms with Crippen molar-refractivity contribution in [3.8, 4) is 0 Å². The van der Waals surface area contributed by atoms with E-state index in [1.807, 2.05) is 36.4 Å². The highest BCUT2D eigenvalue weighted by Crippen LogP contribution is 2.20. The highest BCUT2D eigenvalue weighted by molar-refractivity contribution is 9.10. The van der Waals surface area contributed by atoms with E-state index in [4.69, 9.17) is 0 Å². The van der Waals surface area contributed by atoms with E-state index in [-0.39, 0.29) is 5.91 Å². The Balaban J connectivity index is 1.83. The zero-order chi connectivity index (χ0) is 12.8. The number of hydrogen-bond acceptors (Lipinski definition) is 3. The number of nitrogens with zero attached hydrogens (tertiary/aromatic N) is 1. The molecule has 0 bridgehead atoms. The van der Waals surface area contributed by atoms with Crippen molar-refractivity contribution in [3.63, 3.8) is 0 Å². The molecule has 0 saturated carbocycles. The van der Waals surface area contributed by atoms with Gasteiger partial charge in [0.15, 0.2) is 0 Å². The molecule has 5 heteroatoms. The number of pyridine rings is 1. The molecule has 0 unspecified atom stereocenters. The van der Waals surface area contributed by atoms with Crippen LogP contribution in [0, 0.1) is 0 Å². The number of halogens is 1. The van der Waals surface area contributed by atoms with Crippen LogP contribution in [0.15, 0.2) is 58.0 Å². The minimum absolute atomic E-state index is 0.0541. The van der Waals surface area contributed by atoms with Gasteiger partial charge in [0.05, 0.1) is 5.75 Å². The summed E-state index contributed by atoms with van der Waals surface area (Å²) in [5.74, 6) is 0.901. The molecular weight excluding hydrogens is 312 g/mol. The molecule has 2 aromatic rings. The standard InChI is InChI=1S/C13H11BrN2OS/c14-10-4-6-11(7-5-10)18-9-13(17)16-12-3-1-2-8-15-12/h1-8H,9H2,(H,15,16,17). The van der Waals surface area contributed by atoms with E-state index in [9.17, 15) is 4.79 Å². The zero-order valence-electron chi connectivity index (χ0n) is 9.47. The van der Waals surface area contributed by atoms with E-state index >= 15 is 0 Å². The lowest BCUT2D eigenvalue weighted by Crippen LogP contribution is -2.14. The molecule has 0 radical (unpaired) electrons. The van der Waals surface area contributed by atoms with E-state index in [0.29, 0.717) is 11.6 Å². The summed E-state index contributed by atoms with van der Waals surface area (Å²) in [6.45, 7) is 0. The van der Waals surface area contributed by atoms with E-state index in [1.54, 1.807) is 12.3 Å². The van der Waals surface area contributed by atoms with Crippen LogP contribution in [0.2, 0.25) is 0 Å². The maximum absolute atomic E-state index is 11.7. The Morgan fingerprint density at radius 2 is 2.00 bits per heavy atom. The summed E-state index contributed by atoms with van der Waals surface area (Å²) in [4.78, 5) is 16.8. The predicted molar refractivity (Wildman–Crippen MR) is 77.7 cm³/mol. The number of amides is 1. The molecule has 0 saturated heterocycles. The van der Waals surface area contributed by atoms with Gasteiger partial charge >= 0.3 is 0 Å². The summed E-state index contributed by atoms with van der Waals surface area (Å²) in [7, 11) is 0. The van der Waals surface area contributed by atoms with Crippen molar-refractivity contribution in [2.24, 2.45) is 0 Å². The minimum atomic E-state index is -0.0541. The molecule has 0 aliphatic heterocycles. The van der Waals surface area contributed by atoms with E-state index in [0.717, 1.165) is 9.37 Å². The molecule has 1 aromatic carbocycles. The first kappa shape index (κ1) is 13.1. The van der Waals surface area contributed by atoms with Gasteiger partial charge in [0.1, 0.15) is 5.82 Å². The number of aromatic nitrogens is 1. The molecule has 0 spiro atoms. The van der Waals surface area contributed by atoms with Crippen LogP contribution in [0.5, 0.6) is 0 Å². The second kappa shape index (κ2) is 6.56. The molecule has 1 N–H and O–H groups in total. The van der Waals surface area contributed by atoms with Crippen molar-refractivity contribution in [1.82, 2.24) is 4.98 Å². The van der Waals surface area contributed by atoms with Gasteiger partial charge in [0.2, 0.25) is 5.91 Å². The average molecular weight is 323 g/mol. The Kier molecular flexibility index (Phi) is 4.78. The second-order valence-electron chi connectivity index (χ2n) is 3.51. The molecule has 1 heterocycles. The third-order valence-corrected chi connectivity index (χ3v) is 3.66. The average Bonchev–Trinajstić information content (AvgIpc) is 2.39. The summed E-state index contributed by atoms with van der Waals surface area (Å²) in [5, 5.41) is 2.74. The SMILES string of the molecule is O=C(CSc1ccc(Br)cc1)Nc1ccccn1. The van der Waals surface area contributed by atoms with Gasteiger partial charge in [-0.3, -0.25) is 4.79 Å². The topological polar surface area (TPSA) is 42.0 Å². The van der Waals surface area contributed by atoms with Crippen molar-refractivity contribution < 1.29 is 4.79 Å². The Morgan fingerprint density at radius 1 is 1.22 bits per heavy atom.